The predicted molar refractivity (Wildman–Crippen MR) is 76.6 cm³/mol. The fraction of sp³-hybridized carbons (Fsp3) is 0.143. The first-order chi connectivity index (χ1) is 9.74. The maximum absolute atomic E-state index is 5.14. The third-order valence-electron chi connectivity index (χ3n) is 3.44. The first-order valence-electron chi connectivity index (χ1n) is 6.26. The van der Waals surface area contributed by atoms with Gasteiger partial charge in [0.2, 0.25) is 0 Å². The highest BCUT2D eigenvalue weighted by Crippen LogP contribution is 2.43. The van der Waals surface area contributed by atoms with Crippen molar-refractivity contribution < 1.29 is 4.84 Å². The van der Waals surface area contributed by atoms with Crippen LogP contribution < -0.4 is 10.8 Å². The zero-order valence-electron chi connectivity index (χ0n) is 10.8. The number of hydroxylamine groups is 1. The average Bonchev–Trinajstić information content (AvgIpc) is 2.92. The highest BCUT2D eigenvalue weighted by Gasteiger charge is 2.29. The summed E-state index contributed by atoms with van der Waals surface area (Å²) in [5, 5.41) is 4.24. The van der Waals surface area contributed by atoms with E-state index in [2.05, 4.69) is 45.9 Å². The maximum Gasteiger partial charge on any atom is 0.163 e. The van der Waals surface area contributed by atoms with E-state index in [1.165, 1.54) is 0 Å². The number of anilines is 2. The molecule has 5 nitrogen and oxygen atoms in total. The molecule has 4 rings (SSSR count). The van der Waals surface area contributed by atoms with Gasteiger partial charge in [0.1, 0.15) is 11.3 Å². The van der Waals surface area contributed by atoms with Crippen LogP contribution in [0.5, 0.6) is 0 Å². The van der Waals surface area contributed by atoms with E-state index >= 15 is 0 Å². The second-order valence-electron chi connectivity index (χ2n) is 4.87. The van der Waals surface area contributed by atoms with E-state index in [1.54, 1.807) is 30.4 Å². The zero-order chi connectivity index (χ0) is 13.6. The molecular weight excluding hydrogens is 272 g/mol. The monoisotopic (exact) mass is 284 g/mol. The van der Waals surface area contributed by atoms with Crippen LogP contribution >= 0.6 is 11.8 Å². The van der Waals surface area contributed by atoms with Gasteiger partial charge in [0, 0.05) is 17.3 Å². The highest BCUT2D eigenvalue weighted by molar-refractivity contribution is 7.99. The minimum absolute atomic E-state index is 0.302. The SMILES string of the molecule is CC1(c2ccc3c(c2)Nc2nccnc2S3)C=CON1. The molecule has 0 bridgehead atoms. The lowest BCUT2D eigenvalue weighted by molar-refractivity contribution is 0.105. The van der Waals surface area contributed by atoms with Gasteiger partial charge in [-0.2, -0.15) is 0 Å². The molecule has 6 heteroatoms. The molecule has 1 aromatic heterocycles. The third-order valence-corrected chi connectivity index (χ3v) is 4.51. The van der Waals surface area contributed by atoms with Crippen LogP contribution in [-0.4, -0.2) is 9.97 Å². The van der Waals surface area contributed by atoms with Crippen molar-refractivity contribution in [1.29, 1.82) is 0 Å². The molecule has 1 unspecified atom stereocenters. The molecule has 100 valence electrons. The Balaban J connectivity index is 1.75. The summed E-state index contributed by atoms with van der Waals surface area (Å²) in [4.78, 5) is 14.9. The Bertz CT molecular complexity index is 718. The smallest absolute Gasteiger partial charge is 0.163 e. The van der Waals surface area contributed by atoms with Gasteiger partial charge >= 0.3 is 0 Å². The van der Waals surface area contributed by atoms with Crippen LogP contribution in [0.2, 0.25) is 0 Å². The van der Waals surface area contributed by atoms with E-state index < -0.39 is 0 Å². The summed E-state index contributed by atoms with van der Waals surface area (Å²) in [5.41, 5.74) is 4.88. The fourth-order valence-electron chi connectivity index (χ4n) is 2.27. The maximum atomic E-state index is 5.14. The molecule has 0 fully saturated rings. The first-order valence-corrected chi connectivity index (χ1v) is 7.07. The zero-order valence-corrected chi connectivity index (χ0v) is 11.6. The molecule has 2 aliphatic heterocycles. The van der Waals surface area contributed by atoms with E-state index in [-0.39, 0.29) is 5.54 Å². The minimum atomic E-state index is -0.302. The number of fused-ring (bicyclic) bond motifs is 2. The number of nitrogens with zero attached hydrogens (tertiary/aromatic N) is 2. The molecule has 0 amide bonds. The largest absolute Gasteiger partial charge is 0.416 e. The lowest BCUT2D eigenvalue weighted by Crippen LogP contribution is -2.32. The normalized spacial score (nSPS) is 22.6. The van der Waals surface area contributed by atoms with Crippen molar-refractivity contribution in [3.63, 3.8) is 0 Å². The van der Waals surface area contributed by atoms with Gasteiger partial charge in [-0.05, 0) is 30.7 Å². The lowest BCUT2D eigenvalue weighted by atomic mass is 9.93. The molecule has 20 heavy (non-hydrogen) atoms. The van der Waals surface area contributed by atoms with Crippen LogP contribution in [0.3, 0.4) is 0 Å². The van der Waals surface area contributed by atoms with Gasteiger partial charge in [-0.3, -0.25) is 0 Å². The standard InChI is InChI=1S/C14H12N4OS/c1-14(4-7-19-18-14)9-2-3-11-10(8-9)17-12-13(20-11)16-6-5-15-12/h2-8,18H,1H3,(H,15,17). The van der Waals surface area contributed by atoms with E-state index in [9.17, 15) is 0 Å². The van der Waals surface area contributed by atoms with Crippen molar-refractivity contribution in [3.8, 4) is 0 Å². The van der Waals surface area contributed by atoms with Gasteiger partial charge < -0.3 is 10.2 Å². The first kappa shape index (κ1) is 11.7. The summed E-state index contributed by atoms with van der Waals surface area (Å²) >= 11 is 1.63. The molecule has 0 saturated carbocycles. The van der Waals surface area contributed by atoms with Crippen molar-refractivity contribution in [2.75, 3.05) is 5.32 Å². The summed E-state index contributed by atoms with van der Waals surface area (Å²) < 4.78 is 0. The Morgan fingerprint density at radius 1 is 1.25 bits per heavy atom. The number of rotatable bonds is 1. The highest BCUT2D eigenvalue weighted by atomic mass is 32.2. The third kappa shape index (κ3) is 1.76. The Hall–Kier alpha value is -2.05. The van der Waals surface area contributed by atoms with E-state index in [4.69, 9.17) is 4.84 Å². The molecule has 0 radical (unpaired) electrons. The molecule has 2 aliphatic rings. The second kappa shape index (κ2) is 4.22. The number of hydrogen-bond donors (Lipinski definition) is 2. The van der Waals surface area contributed by atoms with Crippen LogP contribution in [0.4, 0.5) is 11.5 Å². The lowest BCUT2D eigenvalue weighted by Gasteiger charge is -2.25. The van der Waals surface area contributed by atoms with Gasteiger partial charge in [0.15, 0.2) is 5.82 Å². The van der Waals surface area contributed by atoms with Crippen LogP contribution in [0.25, 0.3) is 0 Å². The predicted octanol–water partition coefficient (Wildman–Crippen LogP) is 2.95. The van der Waals surface area contributed by atoms with Crippen LogP contribution in [0.15, 0.2) is 52.9 Å². The molecule has 1 atom stereocenters. The summed E-state index contributed by atoms with van der Waals surface area (Å²) in [6.07, 6.45) is 7.07. The number of aromatic nitrogens is 2. The van der Waals surface area contributed by atoms with Gasteiger partial charge in [-0.25, -0.2) is 9.97 Å². The van der Waals surface area contributed by atoms with Crippen molar-refractivity contribution >= 4 is 23.3 Å². The molecule has 2 aromatic rings. The summed E-state index contributed by atoms with van der Waals surface area (Å²) in [6.45, 7) is 2.07. The topological polar surface area (TPSA) is 59.1 Å². The van der Waals surface area contributed by atoms with Crippen LogP contribution in [0, 0.1) is 0 Å². The molecule has 0 spiro atoms. The van der Waals surface area contributed by atoms with Gasteiger partial charge in [-0.15, -0.1) is 5.48 Å². The second-order valence-corrected chi connectivity index (χ2v) is 5.90. The van der Waals surface area contributed by atoms with E-state index in [0.717, 1.165) is 27.0 Å². The summed E-state index contributed by atoms with van der Waals surface area (Å²) in [5.74, 6) is 0.804. The number of benzene rings is 1. The number of hydrogen-bond acceptors (Lipinski definition) is 6. The Kier molecular flexibility index (Phi) is 2.48. The van der Waals surface area contributed by atoms with Crippen LogP contribution in [0.1, 0.15) is 12.5 Å². The van der Waals surface area contributed by atoms with Gasteiger partial charge in [-0.1, -0.05) is 17.8 Å². The fourth-order valence-corrected chi connectivity index (χ4v) is 3.15. The summed E-state index contributed by atoms with van der Waals surface area (Å²) in [7, 11) is 0. The molecular formula is C14H12N4OS. The van der Waals surface area contributed by atoms with Crippen molar-refractivity contribution in [3.05, 3.63) is 48.5 Å². The van der Waals surface area contributed by atoms with Crippen LogP contribution in [-0.2, 0) is 10.4 Å². The quantitative estimate of drug-likeness (QED) is 0.716. The molecule has 0 saturated heterocycles. The molecule has 2 N–H and O–H groups in total. The molecule has 1 aromatic carbocycles. The Morgan fingerprint density at radius 2 is 2.15 bits per heavy atom. The number of nitrogens with one attached hydrogen (secondary N) is 2. The van der Waals surface area contributed by atoms with Gasteiger partial charge in [0.25, 0.3) is 0 Å². The van der Waals surface area contributed by atoms with Crippen molar-refractivity contribution in [2.45, 2.75) is 22.4 Å². The molecule has 0 aliphatic carbocycles. The Labute approximate surface area is 120 Å². The van der Waals surface area contributed by atoms with E-state index in [0.29, 0.717) is 0 Å². The van der Waals surface area contributed by atoms with Crippen molar-refractivity contribution in [1.82, 2.24) is 15.4 Å². The van der Waals surface area contributed by atoms with Gasteiger partial charge in [0.05, 0.1) is 11.2 Å². The van der Waals surface area contributed by atoms with E-state index in [1.807, 2.05) is 6.08 Å². The minimum Gasteiger partial charge on any atom is -0.416 e. The average molecular weight is 284 g/mol. The Morgan fingerprint density at radius 3 is 3.00 bits per heavy atom. The van der Waals surface area contributed by atoms with Crippen molar-refractivity contribution in [2.24, 2.45) is 0 Å². The summed E-state index contributed by atoms with van der Waals surface area (Å²) in [6, 6.07) is 6.31. The molecule has 3 heterocycles.